The van der Waals surface area contributed by atoms with Gasteiger partial charge < -0.3 is 15.3 Å². The van der Waals surface area contributed by atoms with Gasteiger partial charge in [0.25, 0.3) is 0 Å². The van der Waals surface area contributed by atoms with E-state index in [0.29, 0.717) is 29.9 Å². The molecule has 0 saturated carbocycles. The molecule has 0 spiro atoms. The summed E-state index contributed by atoms with van der Waals surface area (Å²) in [5.74, 6) is -0.195. The highest BCUT2D eigenvalue weighted by Gasteiger charge is 2.35. The van der Waals surface area contributed by atoms with Gasteiger partial charge in [0.15, 0.2) is 17.3 Å². The van der Waals surface area contributed by atoms with E-state index in [1.807, 2.05) is 6.20 Å². The lowest BCUT2D eigenvalue weighted by atomic mass is 10.1. The van der Waals surface area contributed by atoms with Crippen molar-refractivity contribution in [3.8, 4) is 0 Å². The molecule has 4 heterocycles. The van der Waals surface area contributed by atoms with Gasteiger partial charge in [0.2, 0.25) is 5.95 Å². The minimum atomic E-state index is -0.883. The highest BCUT2D eigenvalue weighted by Crippen LogP contribution is 2.38. The first kappa shape index (κ1) is 21.5. The van der Waals surface area contributed by atoms with Crippen LogP contribution in [0.5, 0.6) is 0 Å². The van der Waals surface area contributed by atoms with Crippen molar-refractivity contribution < 1.29 is 13.9 Å². The number of rotatable bonds is 5. The summed E-state index contributed by atoms with van der Waals surface area (Å²) in [6.45, 7) is 6.78. The Morgan fingerprint density at radius 1 is 1.24 bits per heavy atom. The summed E-state index contributed by atoms with van der Waals surface area (Å²) in [5, 5.41) is 22.4. The first-order valence-corrected chi connectivity index (χ1v) is 10.9. The molecular weight excluding hydrogens is 430 g/mol. The molecule has 1 unspecified atom stereocenters. The first-order valence-electron chi connectivity index (χ1n) is 10.9. The monoisotopic (exact) mass is 456 g/mol. The number of nitrogens with one attached hydrogen (secondary N) is 1. The third-order valence-corrected chi connectivity index (χ3v) is 5.84. The highest BCUT2D eigenvalue weighted by molar-refractivity contribution is 5.92. The molecule has 0 bridgehead atoms. The molecule has 1 fully saturated rings. The maximum absolute atomic E-state index is 14.4. The van der Waals surface area contributed by atoms with E-state index < -0.39 is 17.2 Å². The van der Waals surface area contributed by atoms with E-state index in [1.54, 1.807) is 31.8 Å². The van der Waals surface area contributed by atoms with Gasteiger partial charge in [-0.05, 0) is 32.3 Å². The number of benzene rings is 1. The van der Waals surface area contributed by atoms with Crippen LogP contribution < -0.4 is 10.2 Å². The molecule has 0 radical (unpaired) electrons. The molecule has 174 valence electrons. The van der Waals surface area contributed by atoms with Gasteiger partial charge in [-0.2, -0.15) is 9.61 Å². The number of hydrogen-bond donors (Lipinski definition) is 2. The fourth-order valence-corrected chi connectivity index (χ4v) is 4.52. The van der Waals surface area contributed by atoms with Gasteiger partial charge >= 0.3 is 0 Å². The van der Waals surface area contributed by atoms with Gasteiger partial charge in [-0.25, -0.2) is 18.7 Å². The number of nitrogens with zero attached hydrogens (tertiary/aromatic N) is 7. The molecule has 11 heteroatoms. The van der Waals surface area contributed by atoms with E-state index in [9.17, 15) is 13.9 Å². The fraction of sp³-hybridized carbons (Fsp3) is 0.455. The standard InChI is InChI=1S/C22H26F2N8O/c1-12-5-17(31(9-12)14-8-26-30(10-14)11-22(2,3)33)19-28-20-15-6-13(23)7-16(24)18(15)27-21(25-4)32(20)29-19/h6-8,10,12,17,33H,5,9,11H2,1-4H3,(H,25,27)/t12-,17?/m0/s1. The normalized spacial score (nSPS) is 19.2. The van der Waals surface area contributed by atoms with E-state index in [4.69, 9.17) is 4.98 Å². The van der Waals surface area contributed by atoms with Crippen molar-refractivity contribution in [1.29, 1.82) is 0 Å². The Morgan fingerprint density at radius 3 is 2.76 bits per heavy atom. The molecule has 1 saturated heterocycles. The number of fused-ring (bicyclic) bond motifs is 3. The van der Waals surface area contributed by atoms with Crippen LogP contribution in [0.4, 0.5) is 20.4 Å². The second kappa shape index (κ2) is 7.62. The van der Waals surface area contributed by atoms with Crippen LogP contribution >= 0.6 is 0 Å². The van der Waals surface area contributed by atoms with E-state index in [2.05, 4.69) is 32.3 Å². The largest absolute Gasteiger partial charge is 0.389 e. The van der Waals surface area contributed by atoms with Gasteiger partial charge in [-0.15, -0.1) is 5.10 Å². The van der Waals surface area contributed by atoms with Crippen LogP contribution in [0.2, 0.25) is 0 Å². The summed E-state index contributed by atoms with van der Waals surface area (Å²) in [7, 11) is 1.66. The highest BCUT2D eigenvalue weighted by atomic mass is 19.1. The second-order valence-corrected chi connectivity index (χ2v) is 9.39. The van der Waals surface area contributed by atoms with Crippen molar-refractivity contribution in [3.05, 3.63) is 42.0 Å². The number of aliphatic hydroxyl groups is 1. The predicted octanol–water partition coefficient (Wildman–Crippen LogP) is 3.15. The third kappa shape index (κ3) is 3.86. The summed E-state index contributed by atoms with van der Waals surface area (Å²) in [6, 6.07) is 1.90. The zero-order valence-electron chi connectivity index (χ0n) is 18.9. The number of hydrogen-bond acceptors (Lipinski definition) is 7. The van der Waals surface area contributed by atoms with Crippen LogP contribution in [0, 0.1) is 17.6 Å². The van der Waals surface area contributed by atoms with Crippen LogP contribution in [0.15, 0.2) is 24.5 Å². The average molecular weight is 457 g/mol. The Kier molecular flexibility index (Phi) is 4.96. The number of aromatic nitrogens is 6. The van der Waals surface area contributed by atoms with Crippen molar-refractivity contribution in [2.45, 2.75) is 45.4 Å². The van der Waals surface area contributed by atoms with E-state index in [1.165, 1.54) is 10.6 Å². The Morgan fingerprint density at radius 2 is 2.03 bits per heavy atom. The van der Waals surface area contributed by atoms with E-state index in [-0.39, 0.29) is 16.9 Å². The van der Waals surface area contributed by atoms with Gasteiger partial charge in [0.1, 0.15) is 11.3 Å². The molecule has 0 aliphatic carbocycles. The lowest BCUT2D eigenvalue weighted by molar-refractivity contribution is 0.0577. The minimum absolute atomic E-state index is 0.0386. The van der Waals surface area contributed by atoms with Gasteiger partial charge in [0, 0.05) is 25.9 Å². The number of anilines is 2. The van der Waals surface area contributed by atoms with E-state index in [0.717, 1.165) is 24.7 Å². The topological polar surface area (TPSA) is 96.4 Å². The van der Waals surface area contributed by atoms with Crippen LogP contribution in [-0.4, -0.2) is 53.7 Å². The molecular formula is C22H26F2N8O. The maximum atomic E-state index is 14.4. The Bertz CT molecular complexity index is 1340. The predicted molar refractivity (Wildman–Crippen MR) is 120 cm³/mol. The van der Waals surface area contributed by atoms with Crippen molar-refractivity contribution in [3.63, 3.8) is 0 Å². The SMILES string of the molecule is CNc1nc2c(F)cc(F)cc2c2nc(C3C[C@H](C)CN3c3cnn(CC(C)(C)O)c3)nn12. The summed E-state index contributed by atoms with van der Waals surface area (Å²) in [5.41, 5.74) is 0.403. The second-order valence-electron chi connectivity index (χ2n) is 9.39. The molecule has 2 N–H and O–H groups in total. The van der Waals surface area contributed by atoms with Crippen LogP contribution in [0.3, 0.4) is 0 Å². The Hall–Kier alpha value is -3.34. The summed E-state index contributed by atoms with van der Waals surface area (Å²) >= 11 is 0. The molecule has 5 rings (SSSR count). The summed E-state index contributed by atoms with van der Waals surface area (Å²) in [4.78, 5) is 11.2. The van der Waals surface area contributed by atoms with Crippen LogP contribution in [0.25, 0.3) is 16.6 Å². The first-order chi connectivity index (χ1) is 15.6. The molecule has 2 atom stereocenters. The van der Waals surface area contributed by atoms with Crippen molar-refractivity contribution in [2.75, 3.05) is 23.8 Å². The van der Waals surface area contributed by atoms with Gasteiger partial charge in [-0.3, -0.25) is 4.68 Å². The lowest BCUT2D eigenvalue weighted by Crippen LogP contribution is -2.26. The fourth-order valence-electron chi connectivity index (χ4n) is 4.52. The quantitative estimate of drug-likeness (QED) is 0.476. The summed E-state index contributed by atoms with van der Waals surface area (Å²) in [6.07, 6.45) is 4.49. The zero-order chi connectivity index (χ0) is 23.5. The van der Waals surface area contributed by atoms with Gasteiger partial charge in [-0.1, -0.05) is 6.92 Å². The Balaban J connectivity index is 1.59. The third-order valence-electron chi connectivity index (χ3n) is 5.84. The molecule has 33 heavy (non-hydrogen) atoms. The molecule has 1 aliphatic heterocycles. The smallest absolute Gasteiger partial charge is 0.226 e. The molecule has 1 aliphatic rings. The maximum Gasteiger partial charge on any atom is 0.226 e. The van der Waals surface area contributed by atoms with Crippen LogP contribution in [0.1, 0.15) is 39.1 Å². The van der Waals surface area contributed by atoms with E-state index >= 15 is 0 Å². The molecule has 0 amide bonds. The molecule has 1 aromatic carbocycles. The zero-order valence-corrected chi connectivity index (χ0v) is 18.9. The molecule has 9 nitrogen and oxygen atoms in total. The molecule has 4 aromatic rings. The molecule has 3 aromatic heterocycles. The van der Waals surface area contributed by atoms with Crippen LogP contribution in [-0.2, 0) is 6.54 Å². The van der Waals surface area contributed by atoms with Gasteiger partial charge in [0.05, 0.1) is 35.5 Å². The minimum Gasteiger partial charge on any atom is -0.389 e. The summed E-state index contributed by atoms with van der Waals surface area (Å²) < 4.78 is 31.6. The van der Waals surface area contributed by atoms with Crippen molar-refractivity contribution in [1.82, 2.24) is 29.4 Å². The van der Waals surface area contributed by atoms with Crippen molar-refractivity contribution >= 4 is 28.2 Å². The number of halogens is 2. The Labute approximate surface area is 189 Å². The average Bonchev–Trinajstić information content (AvgIpc) is 3.44. The van der Waals surface area contributed by atoms with Crippen molar-refractivity contribution in [2.24, 2.45) is 5.92 Å². The lowest BCUT2D eigenvalue weighted by Gasteiger charge is -2.23.